The van der Waals surface area contributed by atoms with Crippen molar-refractivity contribution in [2.45, 2.75) is 51.8 Å². The number of phenolic OH excluding ortho intramolecular Hbond substituents is 1. The van der Waals surface area contributed by atoms with Crippen molar-refractivity contribution in [3.63, 3.8) is 0 Å². The van der Waals surface area contributed by atoms with E-state index in [4.69, 9.17) is 21.8 Å². The molecule has 124 valence electrons. The van der Waals surface area contributed by atoms with Gasteiger partial charge in [0, 0.05) is 18.7 Å². The molecular weight excluding hydrogens is 400 g/mol. The molecule has 2 rings (SSSR count). The van der Waals surface area contributed by atoms with Crippen LogP contribution in [0, 0.1) is 0 Å². The zero-order chi connectivity index (χ0) is 16.8. The zero-order valence-electron chi connectivity index (χ0n) is 13.7. The number of ether oxygens (including phenoxy) is 1. The van der Waals surface area contributed by atoms with Crippen LogP contribution in [0.25, 0.3) is 0 Å². The second-order valence-corrected chi connectivity index (χ2v) is 10.2. The molecule has 1 aromatic rings. The van der Waals surface area contributed by atoms with E-state index in [1.54, 1.807) is 0 Å². The Bertz CT molecular complexity index is 460. The standard InChI is InChI=1S/C16H25NO2.2ClH.Zr/c1-16(2,3)13-8-5-7-12(15(13)18)11-17(4)14-9-6-10-19-14;;;/h5,7-8,14,18H,6,9-11H2,1-4H3;2*1H;/q;;;+2/p-2. The van der Waals surface area contributed by atoms with E-state index in [0.717, 1.165) is 37.1 Å². The second-order valence-electron chi connectivity index (χ2n) is 6.52. The quantitative estimate of drug-likeness (QED) is 0.766. The van der Waals surface area contributed by atoms with Gasteiger partial charge in [0.05, 0.1) is 0 Å². The summed E-state index contributed by atoms with van der Waals surface area (Å²) in [6.07, 6.45) is 2.40. The Labute approximate surface area is 152 Å². The van der Waals surface area contributed by atoms with Crippen LogP contribution in [0.2, 0.25) is 0 Å². The molecule has 0 radical (unpaired) electrons. The Morgan fingerprint density at radius 1 is 1.36 bits per heavy atom. The topological polar surface area (TPSA) is 32.7 Å². The molecule has 1 aromatic carbocycles. The first-order valence-corrected chi connectivity index (χ1v) is 13.7. The number of benzene rings is 1. The van der Waals surface area contributed by atoms with Crippen LogP contribution in [-0.4, -0.2) is 29.9 Å². The van der Waals surface area contributed by atoms with Gasteiger partial charge in [-0.15, -0.1) is 0 Å². The number of halogens is 2. The Balaban J connectivity index is 0.000000745. The van der Waals surface area contributed by atoms with Crippen molar-refractivity contribution in [1.82, 2.24) is 4.90 Å². The van der Waals surface area contributed by atoms with Gasteiger partial charge in [-0.05, 0) is 30.9 Å². The monoisotopic (exact) mass is 423 g/mol. The van der Waals surface area contributed by atoms with Gasteiger partial charge in [-0.1, -0.05) is 39.0 Å². The fraction of sp³-hybridized carbons (Fsp3) is 0.625. The summed E-state index contributed by atoms with van der Waals surface area (Å²) in [6.45, 7) is 7.93. The van der Waals surface area contributed by atoms with Crippen molar-refractivity contribution in [2.24, 2.45) is 0 Å². The maximum atomic E-state index is 10.4. The molecule has 1 N–H and O–H groups in total. The number of hydrogen-bond acceptors (Lipinski definition) is 3. The van der Waals surface area contributed by atoms with E-state index in [0.29, 0.717) is 5.75 Å². The van der Waals surface area contributed by atoms with Gasteiger partial charge in [0.2, 0.25) is 0 Å². The van der Waals surface area contributed by atoms with Gasteiger partial charge >= 0.3 is 37.9 Å². The first-order valence-electron chi connectivity index (χ1n) is 7.40. The number of nitrogens with zero attached hydrogens (tertiary/aromatic N) is 1. The van der Waals surface area contributed by atoms with E-state index in [1.807, 2.05) is 18.2 Å². The molecule has 3 nitrogen and oxygen atoms in total. The Morgan fingerprint density at radius 3 is 2.50 bits per heavy atom. The molecule has 6 heteroatoms. The molecular formula is C16H25Cl2NO2Zr. The van der Waals surface area contributed by atoms with Crippen molar-refractivity contribution >= 4 is 17.0 Å². The molecule has 0 saturated carbocycles. The maximum absolute atomic E-state index is 10.4. The molecule has 0 aromatic heterocycles. The molecule has 0 amide bonds. The number of phenols is 1. The van der Waals surface area contributed by atoms with Gasteiger partial charge < -0.3 is 9.84 Å². The number of aromatic hydroxyl groups is 1. The SMILES string of the molecule is CN(Cc1cccc(C(C)(C)C)c1O)C1CCCO1.[Cl][Zr][Cl]. The first kappa shape index (κ1) is 20.4. The number of para-hydroxylation sites is 1. The van der Waals surface area contributed by atoms with Crippen molar-refractivity contribution in [1.29, 1.82) is 0 Å². The van der Waals surface area contributed by atoms with Gasteiger partial charge in [0.1, 0.15) is 12.0 Å². The third-order valence-electron chi connectivity index (χ3n) is 3.74. The van der Waals surface area contributed by atoms with E-state index in [-0.39, 0.29) is 11.6 Å². The van der Waals surface area contributed by atoms with E-state index >= 15 is 0 Å². The molecule has 1 atom stereocenters. The molecule has 1 fully saturated rings. The molecule has 1 saturated heterocycles. The summed E-state index contributed by atoms with van der Waals surface area (Å²) in [5.74, 6) is 0.430. The Kier molecular flexibility index (Phi) is 8.96. The Morgan fingerprint density at radius 2 is 2.00 bits per heavy atom. The van der Waals surface area contributed by atoms with Crippen LogP contribution < -0.4 is 0 Å². The van der Waals surface area contributed by atoms with Gasteiger partial charge in [-0.25, -0.2) is 0 Å². The predicted octanol–water partition coefficient (Wildman–Crippen LogP) is 4.63. The van der Waals surface area contributed by atoms with Crippen molar-refractivity contribution < 1.29 is 30.7 Å². The summed E-state index contributed by atoms with van der Waals surface area (Å²) >= 11 is -0.826. The third-order valence-corrected chi connectivity index (χ3v) is 3.74. The Hall–Kier alpha value is 0.403. The minimum atomic E-state index is -0.826. The van der Waals surface area contributed by atoms with Crippen LogP contribution in [0.5, 0.6) is 5.75 Å². The summed E-state index contributed by atoms with van der Waals surface area (Å²) in [5, 5.41) is 10.4. The van der Waals surface area contributed by atoms with Crippen LogP contribution in [0.3, 0.4) is 0 Å². The van der Waals surface area contributed by atoms with Gasteiger partial charge in [0.25, 0.3) is 0 Å². The zero-order valence-corrected chi connectivity index (χ0v) is 17.7. The summed E-state index contributed by atoms with van der Waals surface area (Å²) in [6, 6.07) is 6.03. The molecule has 22 heavy (non-hydrogen) atoms. The predicted molar refractivity (Wildman–Crippen MR) is 89.0 cm³/mol. The van der Waals surface area contributed by atoms with E-state index < -0.39 is 20.8 Å². The fourth-order valence-electron chi connectivity index (χ4n) is 2.60. The summed E-state index contributed by atoms with van der Waals surface area (Å²) < 4.78 is 5.67. The average Bonchev–Trinajstić information content (AvgIpc) is 2.94. The summed E-state index contributed by atoms with van der Waals surface area (Å²) in [4.78, 5) is 2.18. The molecule has 1 unspecified atom stereocenters. The number of hydrogen-bond donors (Lipinski definition) is 1. The molecule has 0 bridgehead atoms. The number of rotatable bonds is 3. The van der Waals surface area contributed by atoms with Crippen LogP contribution in [0.1, 0.15) is 44.7 Å². The molecule has 1 aliphatic heterocycles. The fourth-order valence-corrected chi connectivity index (χ4v) is 2.60. The summed E-state index contributed by atoms with van der Waals surface area (Å²) in [7, 11) is 11.9. The van der Waals surface area contributed by atoms with Crippen LogP contribution in [-0.2, 0) is 37.5 Å². The average molecular weight is 426 g/mol. The molecule has 0 spiro atoms. The van der Waals surface area contributed by atoms with Crippen LogP contribution >= 0.6 is 17.0 Å². The van der Waals surface area contributed by atoms with Crippen LogP contribution in [0.15, 0.2) is 18.2 Å². The second kappa shape index (κ2) is 9.64. The van der Waals surface area contributed by atoms with E-state index in [1.165, 1.54) is 0 Å². The van der Waals surface area contributed by atoms with E-state index in [9.17, 15) is 5.11 Å². The third kappa shape index (κ3) is 6.13. The first-order chi connectivity index (χ1) is 10.3. The van der Waals surface area contributed by atoms with Gasteiger partial charge in [-0.3, -0.25) is 4.90 Å². The molecule has 0 aliphatic carbocycles. The van der Waals surface area contributed by atoms with Gasteiger partial charge in [0.15, 0.2) is 0 Å². The summed E-state index contributed by atoms with van der Waals surface area (Å²) in [5.41, 5.74) is 1.94. The molecule has 1 heterocycles. The minimum absolute atomic E-state index is 0.0392. The van der Waals surface area contributed by atoms with Crippen molar-refractivity contribution in [3.05, 3.63) is 29.3 Å². The van der Waals surface area contributed by atoms with Crippen LogP contribution in [0.4, 0.5) is 0 Å². The van der Waals surface area contributed by atoms with Gasteiger partial charge in [-0.2, -0.15) is 0 Å². The molecule has 1 aliphatic rings. The van der Waals surface area contributed by atoms with Crippen molar-refractivity contribution in [2.75, 3.05) is 13.7 Å². The van der Waals surface area contributed by atoms with Crippen molar-refractivity contribution in [3.8, 4) is 5.75 Å². The normalized spacial score (nSPS) is 18.0. The van der Waals surface area contributed by atoms with E-state index in [2.05, 4.69) is 32.7 Å².